The van der Waals surface area contributed by atoms with Crippen molar-refractivity contribution in [3.63, 3.8) is 0 Å². The molecule has 4 aromatic rings. The lowest BCUT2D eigenvalue weighted by atomic mass is 10.1. The number of anilines is 1. The maximum Gasteiger partial charge on any atom is 0.451 e. The molecule has 0 radical (unpaired) electrons. The average molecular weight is 496 g/mol. The molecule has 14 heteroatoms. The van der Waals surface area contributed by atoms with Crippen LogP contribution in [-0.2, 0) is 6.18 Å². The first kappa shape index (κ1) is 23.8. The molecule has 3 N–H and O–H groups in total. The van der Waals surface area contributed by atoms with Gasteiger partial charge in [-0.25, -0.2) is 19.7 Å². The van der Waals surface area contributed by atoms with Crippen molar-refractivity contribution in [2.24, 2.45) is 0 Å². The summed E-state index contributed by atoms with van der Waals surface area (Å²) in [7, 11) is 0. The summed E-state index contributed by atoms with van der Waals surface area (Å²) in [4.78, 5) is 22.7. The molecule has 0 spiro atoms. The van der Waals surface area contributed by atoms with Gasteiger partial charge in [0.05, 0.1) is 17.6 Å². The zero-order valence-electron chi connectivity index (χ0n) is 17.3. The van der Waals surface area contributed by atoms with Crippen LogP contribution in [0.25, 0.3) is 28.2 Å². The summed E-state index contributed by atoms with van der Waals surface area (Å²) >= 11 is 0. The van der Waals surface area contributed by atoms with Crippen LogP contribution in [0.3, 0.4) is 0 Å². The van der Waals surface area contributed by atoms with Crippen molar-refractivity contribution in [3.05, 3.63) is 60.8 Å². The van der Waals surface area contributed by atoms with E-state index in [2.05, 4.69) is 20.3 Å². The summed E-state index contributed by atoms with van der Waals surface area (Å²) < 4.78 is 77.2. The van der Waals surface area contributed by atoms with E-state index in [0.29, 0.717) is 22.5 Å². The minimum Gasteiger partial charge on any atom is -0.508 e. The van der Waals surface area contributed by atoms with Crippen molar-refractivity contribution in [1.82, 2.24) is 24.7 Å². The van der Waals surface area contributed by atoms with E-state index < -0.39 is 30.8 Å². The Labute approximate surface area is 192 Å². The van der Waals surface area contributed by atoms with Gasteiger partial charge in [-0.1, -0.05) is 0 Å². The van der Waals surface area contributed by atoms with E-state index >= 15 is 0 Å². The van der Waals surface area contributed by atoms with E-state index in [-0.39, 0.29) is 17.1 Å². The smallest absolute Gasteiger partial charge is 0.451 e. The highest BCUT2D eigenvalue weighted by molar-refractivity contribution is 5.90. The van der Waals surface area contributed by atoms with Crippen LogP contribution in [0.15, 0.2) is 55.0 Å². The number of alkyl halides is 6. The zero-order valence-corrected chi connectivity index (χ0v) is 17.3. The van der Waals surface area contributed by atoms with E-state index in [1.165, 1.54) is 42.7 Å². The number of aromatic nitrogens is 4. The van der Waals surface area contributed by atoms with Gasteiger partial charge in [0.25, 0.3) is 0 Å². The first-order valence-corrected chi connectivity index (χ1v) is 9.73. The SMILES string of the molecule is O=C(NCC(F)(F)F)Nc1cc(O)cc(-c2cnc3cc(-c4ccnc(C(F)(F)F)n4)ccn23)c1. The number of phenolic OH excluding ortho intramolecular Hbond substituents is 1. The molecule has 0 aliphatic carbocycles. The van der Waals surface area contributed by atoms with Crippen LogP contribution < -0.4 is 10.6 Å². The van der Waals surface area contributed by atoms with Gasteiger partial charge in [-0.2, -0.15) is 26.3 Å². The molecule has 0 unspecified atom stereocenters. The van der Waals surface area contributed by atoms with Crippen LogP contribution in [0.5, 0.6) is 5.75 Å². The quantitative estimate of drug-likeness (QED) is 0.350. The Morgan fingerprint density at radius 1 is 1.00 bits per heavy atom. The highest BCUT2D eigenvalue weighted by atomic mass is 19.4. The van der Waals surface area contributed by atoms with E-state index in [4.69, 9.17) is 0 Å². The number of phenols is 1. The second-order valence-corrected chi connectivity index (χ2v) is 7.24. The maximum atomic E-state index is 12.9. The van der Waals surface area contributed by atoms with Crippen LogP contribution >= 0.6 is 0 Å². The Balaban J connectivity index is 1.62. The second kappa shape index (κ2) is 8.77. The molecule has 0 bridgehead atoms. The van der Waals surface area contributed by atoms with Crippen LogP contribution in [-0.4, -0.2) is 43.2 Å². The average Bonchev–Trinajstić information content (AvgIpc) is 3.20. The number of urea groups is 1. The van der Waals surface area contributed by atoms with Crippen molar-refractivity contribution in [1.29, 1.82) is 0 Å². The number of benzene rings is 1. The van der Waals surface area contributed by atoms with Gasteiger partial charge < -0.3 is 15.7 Å². The van der Waals surface area contributed by atoms with Gasteiger partial charge in [0.15, 0.2) is 0 Å². The summed E-state index contributed by atoms with van der Waals surface area (Å²) in [5.41, 5.74) is 1.53. The molecule has 0 aliphatic heterocycles. The van der Waals surface area contributed by atoms with Crippen molar-refractivity contribution in [3.8, 4) is 28.3 Å². The van der Waals surface area contributed by atoms with Crippen LogP contribution in [0, 0.1) is 0 Å². The van der Waals surface area contributed by atoms with E-state index in [1.807, 2.05) is 0 Å². The number of fused-ring (bicyclic) bond motifs is 1. The van der Waals surface area contributed by atoms with E-state index in [9.17, 15) is 36.2 Å². The van der Waals surface area contributed by atoms with E-state index in [0.717, 1.165) is 12.3 Å². The first-order valence-electron chi connectivity index (χ1n) is 9.73. The maximum absolute atomic E-state index is 12.9. The lowest BCUT2D eigenvalue weighted by molar-refractivity contribution is -0.144. The molecule has 2 amide bonds. The fraction of sp³-hybridized carbons (Fsp3) is 0.143. The molecule has 0 saturated heterocycles. The third kappa shape index (κ3) is 5.59. The largest absolute Gasteiger partial charge is 0.508 e. The molecule has 35 heavy (non-hydrogen) atoms. The van der Waals surface area contributed by atoms with Gasteiger partial charge in [-0.15, -0.1) is 0 Å². The highest BCUT2D eigenvalue weighted by Crippen LogP contribution is 2.31. The van der Waals surface area contributed by atoms with Crippen molar-refractivity contribution >= 4 is 17.4 Å². The highest BCUT2D eigenvalue weighted by Gasteiger charge is 2.34. The molecule has 0 aliphatic rings. The minimum atomic E-state index is -4.70. The van der Waals surface area contributed by atoms with Gasteiger partial charge in [-0.3, -0.25) is 4.40 Å². The summed E-state index contributed by atoms with van der Waals surface area (Å²) in [5, 5.41) is 13.9. The Morgan fingerprint density at radius 3 is 2.49 bits per heavy atom. The Morgan fingerprint density at radius 2 is 1.77 bits per heavy atom. The number of hydrogen-bond acceptors (Lipinski definition) is 5. The standard InChI is InChI=1S/C21H14F6N6O2/c22-20(23,24)10-30-19(35)31-13-5-12(6-14(34)8-13)16-9-29-17-7-11(2-4-33(16)17)15-1-3-28-18(32-15)21(25,26)27/h1-9,34H,10H2,(H2,30,31,35). The van der Waals surface area contributed by atoms with Crippen molar-refractivity contribution < 1.29 is 36.2 Å². The van der Waals surface area contributed by atoms with Gasteiger partial charge in [-0.05, 0) is 30.3 Å². The van der Waals surface area contributed by atoms with Crippen LogP contribution in [0.2, 0.25) is 0 Å². The molecule has 182 valence electrons. The summed E-state index contributed by atoms with van der Waals surface area (Å²) in [6.45, 7) is -1.53. The number of nitrogens with zero attached hydrogens (tertiary/aromatic N) is 4. The fourth-order valence-electron chi connectivity index (χ4n) is 3.20. The number of aromatic hydroxyl groups is 1. The lowest BCUT2D eigenvalue weighted by Gasteiger charge is -2.11. The third-order valence-electron chi connectivity index (χ3n) is 4.64. The Bertz CT molecular complexity index is 1400. The van der Waals surface area contributed by atoms with Crippen LogP contribution in [0.4, 0.5) is 36.8 Å². The molecule has 0 fully saturated rings. The second-order valence-electron chi connectivity index (χ2n) is 7.24. The van der Waals surface area contributed by atoms with Gasteiger partial charge >= 0.3 is 18.4 Å². The molecular formula is C21H14F6N6O2. The Kier molecular flexibility index (Phi) is 5.96. The molecule has 3 heterocycles. The molecule has 4 rings (SSSR count). The molecule has 1 aromatic carbocycles. The predicted molar refractivity (Wildman–Crippen MR) is 111 cm³/mol. The topological polar surface area (TPSA) is 104 Å². The number of rotatable bonds is 4. The van der Waals surface area contributed by atoms with Crippen molar-refractivity contribution in [2.75, 3.05) is 11.9 Å². The molecular weight excluding hydrogens is 482 g/mol. The molecule has 3 aromatic heterocycles. The van der Waals surface area contributed by atoms with Crippen molar-refractivity contribution in [2.45, 2.75) is 12.4 Å². The Hall–Kier alpha value is -4.36. The summed E-state index contributed by atoms with van der Waals surface area (Å²) in [5.74, 6) is -1.56. The predicted octanol–water partition coefficient (Wildman–Crippen LogP) is 4.87. The molecule has 8 nitrogen and oxygen atoms in total. The van der Waals surface area contributed by atoms with Crippen LogP contribution in [0.1, 0.15) is 5.82 Å². The number of imidazole rings is 1. The fourth-order valence-corrected chi connectivity index (χ4v) is 3.20. The third-order valence-corrected chi connectivity index (χ3v) is 4.64. The number of pyridine rings is 1. The summed E-state index contributed by atoms with van der Waals surface area (Å²) in [6, 6.07) is 7.10. The monoisotopic (exact) mass is 496 g/mol. The lowest BCUT2D eigenvalue weighted by Crippen LogP contribution is -2.36. The number of carbonyl (C=O) groups is 1. The van der Waals surface area contributed by atoms with Gasteiger partial charge in [0, 0.05) is 35.3 Å². The number of nitrogens with one attached hydrogen (secondary N) is 2. The summed E-state index contributed by atoms with van der Waals surface area (Å²) in [6.07, 6.45) is -5.35. The normalized spacial score (nSPS) is 12.1. The number of halogens is 6. The first-order chi connectivity index (χ1) is 16.4. The molecule has 0 saturated carbocycles. The minimum absolute atomic E-state index is 0.0203. The van der Waals surface area contributed by atoms with Gasteiger partial charge in [0.2, 0.25) is 5.82 Å². The number of amides is 2. The van der Waals surface area contributed by atoms with E-state index in [1.54, 1.807) is 9.72 Å². The number of hydrogen-bond donors (Lipinski definition) is 3. The molecule has 0 atom stereocenters. The zero-order chi connectivity index (χ0) is 25.4. The number of carbonyl (C=O) groups excluding carboxylic acids is 1. The van der Waals surface area contributed by atoms with Gasteiger partial charge in [0.1, 0.15) is 17.9 Å².